The van der Waals surface area contributed by atoms with Crippen molar-refractivity contribution in [1.29, 1.82) is 0 Å². The lowest BCUT2D eigenvalue weighted by atomic mass is 9.95. The number of nitrogens with one attached hydrogen (secondary N) is 1. The van der Waals surface area contributed by atoms with E-state index >= 15 is 0 Å². The van der Waals surface area contributed by atoms with E-state index in [9.17, 15) is 9.59 Å². The Morgan fingerprint density at radius 1 is 1.02 bits per heavy atom. The maximum atomic E-state index is 13.8. The highest BCUT2D eigenvalue weighted by Crippen LogP contribution is 2.30. The van der Waals surface area contributed by atoms with Gasteiger partial charge in [-0.2, -0.15) is 0 Å². The number of hydrogen-bond donors (Lipinski definition) is 1. The number of carbonyl (C=O) groups excluding carboxylic acids is 2. The highest BCUT2D eigenvalue weighted by molar-refractivity contribution is 5.85. The zero-order valence-corrected chi connectivity index (χ0v) is 26.5. The van der Waals surface area contributed by atoms with E-state index in [2.05, 4.69) is 68.2 Å². The second-order valence-electron chi connectivity index (χ2n) is 12.4. The first-order valence-electron chi connectivity index (χ1n) is 15.0. The number of piperazine rings is 1. The zero-order chi connectivity index (χ0) is 28.9. The molecule has 226 valence electrons. The second-order valence-corrected chi connectivity index (χ2v) is 12.4. The van der Waals surface area contributed by atoms with Gasteiger partial charge in [-0.15, -0.1) is 12.4 Å². The van der Waals surface area contributed by atoms with Crippen LogP contribution in [0, 0.1) is 5.92 Å². The maximum absolute atomic E-state index is 13.8. The van der Waals surface area contributed by atoms with Crippen molar-refractivity contribution in [2.75, 3.05) is 44.2 Å². The Hall–Kier alpha value is -2.77. The van der Waals surface area contributed by atoms with Gasteiger partial charge in [-0.05, 0) is 69.7 Å². The van der Waals surface area contributed by atoms with Gasteiger partial charge in [-0.3, -0.25) is 9.59 Å². The number of anilines is 1. The molecule has 4 rings (SSSR count). The van der Waals surface area contributed by atoms with E-state index in [0.29, 0.717) is 37.8 Å². The van der Waals surface area contributed by atoms with Gasteiger partial charge in [0, 0.05) is 63.6 Å². The Bertz CT molecular complexity index is 1150. The molecule has 2 aliphatic rings. The van der Waals surface area contributed by atoms with Crippen molar-refractivity contribution in [1.82, 2.24) is 15.1 Å². The zero-order valence-electron chi connectivity index (χ0n) is 25.7. The molecular weight excluding hydrogens is 536 g/mol. The molecule has 2 fully saturated rings. The largest absolute Gasteiger partial charge is 0.478 e. The average Bonchev–Trinajstić information content (AvgIpc) is 2.95. The summed E-state index contributed by atoms with van der Waals surface area (Å²) >= 11 is 0. The number of halogens is 1. The van der Waals surface area contributed by atoms with E-state index in [1.807, 2.05) is 41.8 Å². The lowest BCUT2D eigenvalue weighted by molar-refractivity contribution is -0.146. The van der Waals surface area contributed by atoms with Crippen LogP contribution in [0.4, 0.5) is 5.69 Å². The van der Waals surface area contributed by atoms with Gasteiger partial charge in [0.15, 0.2) is 5.60 Å². The summed E-state index contributed by atoms with van der Waals surface area (Å²) in [5.74, 6) is 1.35. The maximum Gasteiger partial charge on any atom is 0.266 e. The molecule has 0 saturated carbocycles. The van der Waals surface area contributed by atoms with Gasteiger partial charge in [0.2, 0.25) is 5.91 Å². The smallest absolute Gasteiger partial charge is 0.266 e. The Morgan fingerprint density at radius 2 is 1.71 bits per heavy atom. The number of hydrogen-bond acceptors (Lipinski definition) is 5. The minimum absolute atomic E-state index is 0. The van der Waals surface area contributed by atoms with Crippen LogP contribution in [0.15, 0.2) is 48.5 Å². The minimum atomic E-state index is -0.957. The Morgan fingerprint density at radius 3 is 2.34 bits per heavy atom. The van der Waals surface area contributed by atoms with Crippen LogP contribution in [0.3, 0.4) is 0 Å². The molecule has 1 N–H and O–H groups in total. The first-order chi connectivity index (χ1) is 19.0. The third-order valence-corrected chi connectivity index (χ3v) is 8.15. The van der Waals surface area contributed by atoms with E-state index < -0.39 is 5.60 Å². The number of rotatable bonds is 9. The fourth-order valence-electron chi connectivity index (χ4n) is 5.70. The summed E-state index contributed by atoms with van der Waals surface area (Å²) in [5, 5.41) is 3.29. The molecule has 2 heterocycles. The summed E-state index contributed by atoms with van der Waals surface area (Å²) in [6, 6.07) is 16.8. The van der Waals surface area contributed by atoms with Crippen molar-refractivity contribution >= 4 is 29.9 Å². The van der Waals surface area contributed by atoms with Crippen molar-refractivity contribution < 1.29 is 14.3 Å². The SMILES string of the molecule is CC(C)c1ccc(CN(C(=O)[C@H]2CCCN(c3cccc(OC(C)(C)C(=O)N4CCNCC4)c3)C2)C(C)C)cc1.Cl. The van der Waals surface area contributed by atoms with Gasteiger partial charge < -0.3 is 24.8 Å². The van der Waals surface area contributed by atoms with Gasteiger partial charge in [0.25, 0.3) is 5.91 Å². The lowest BCUT2D eigenvalue weighted by Crippen LogP contribution is -2.54. The summed E-state index contributed by atoms with van der Waals surface area (Å²) in [4.78, 5) is 33.1. The fourth-order valence-corrected chi connectivity index (χ4v) is 5.70. The fraction of sp³-hybridized carbons (Fsp3) is 0.576. The minimum Gasteiger partial charge on any atom is -0.478 e. The molecule has 8 heteroatoms. The van der Waals surface area contributed by atoms with Crippen molar-refractivity contribution in [3.05, 3.63) is 59.7 Å². The molecule has 2 aromatic rings. The molecule has 1 atom stereocenters. The van der Waals surface area contributed by atoms with Crippen molar-refractivity contribution in [2.45, 2.75) is 78.5 Å². The van der Waals surface area contributed by atoms with Crippen LogP contribution in [0.25, 0.3) is 0 Å². The third kappa shape index (κ3) is 8.39. The predicted octanol–water partition coefficient (Wildman–Crippen LogP) is 5.47. The number of amides is 2. The number of benzene rings is 2. The van der Waals surface area contributed by atoms with E-state index in [0.717, 1.165) is 38.2 Å². The first-order valence-corrected chi connectivity index (χ1v) is 15.0. The quantitative estimate of drug-likeness (QED) is 0.423. The summed E-state index contributed by atoms with van der Waals surface area (Å²) in [5.41, 5.74) is 2.56. The Balaban J connectivity index is 0.00000462. The predicted molar refractivity (Wildman–Crippen MR) is 169 cm³/mol. The molecule has 41 heavy (non-hydrogen) atoms. The molecule has 2 aromatic carbocycles. The van der Waals surface area contributed by atoms with Crippen molar-refractivity contribution in [3.8, 4) is 5.75 Å². The number of carbonyl (C=O) groups is 2. The van der Waals surface area contributed by atoms with Crippen molar-refractivity contribution in [3.63, 3.8) is 0 Å². The van der Waals surface area contributed by atoms with Crippen LogP contribution >= 0.6 is 12.4 Å². The molecule has 0 aliphatic carbocycles. The van der Waals surface area contributed by atoms with Gasteiger partial charge in [-0.25, -0.2) is 0 Å². The average molecular weight is 585 g/mol. The second kappa shape index (κ2) is 14.4. The van der Waals surface area contributed by atoms with Crippen LogP contribution in [-0.4, -0.2) is 72.5 Å². The summed E-state index contributed by atoms with van der Waals surface area (Å²) in [6.45, 7) is 17.5. The van der Waals surface area contributed by atoms with Gasteiger partial charge >= 0.3 is 0 Å². The molecule has 7 nitrogen and oxygen atoms in total. The lowest BCUT2D eigenvalue weighted by Gasteiger charge is -2.38. The van der Waals surface area contributed by atoms with Gasteiger partial charge in [0.05, 0.1) is 5.92 Å². The summed E-state index contributed by atoms with van der Waals surface area (Å²) in [6.07, 6.45) is 1.86. The highest BCUT2D eigenvalue weighted by atomic mass is 35.5. The molecule has 0 bridgehead atoms. The van der Waals surface area contributed by atoms with E-state index in [-0.39, 0.29) is 36.2 Å². The van der Waals surface area contributed by atoms with Gasteiger partial charge in [0.1, 0.15) is 5.75 Å². The van der Waals surface area contributed by atoms with E-state index in [1.54, 1.807) is 0 Å². The molecule has 2 saturated heterocycles. The van der Waals surface area contributed by atoms with Crippen LogP contribution in [0.2, 0.25) is 0 Å². The van der Waals surface area contributed by atoms with Crippen molar-refractivity contribution in [2.24, 2.45) is 5.92 Å². The number of piperidine rings is 1. The van der Waals surface area contributed by atoms with Crippen LogP contribution in [0.1, 0.15) is 71.4 Å². The van der Waals surface area contributed by atoms with E-state index in [4.69, 9.17) is 4.74 Å². The molecule has 2 aliphatic heterocycles. The highest BCUT2D eigenvalue weighted by Gasteiger charge is 2.35. The molecule has 0 unspecified atom stereocenters. The normalized spacial score (nSPS) is 17.8. The molecular formula is C33H49ClN4O3. The van der Waals surface area contributed by atoms with Crippen LogP contribution < -0.4 is 15.0 Å². The molecule has 0 radical (unpaired) electrons. The number of ether oxygens (including phenoxy) is 1. The summed E-state index contributed by atoms with van der Waals surface area (Å²) in [7, 11) is 0. The van der Waals surface area contributed by atoms with E-state index in [1.165, 1.54) is 11.1 Å². The molecule has 2 amide bonds. The molecule has 0 aromatic heterocycles. The van der Waals surface area contributed by atoms with Gasteiger partial charge in [-0.1, -0.05) is 44.2 Å². The topological polar surface area (TPSA) is 65.1 Å². The van der Waals surface area contributed by atoms with Crippen LogP contribution in [0.5, 0.6) is 5.75 Å². The monoisotopic (exact) mass is 584 g/mol. The Labute approximate surface area is 253 Å². The summed E-state index contributed by atoms with van der Waals surface area (Å²) < 4.78 is 6.27. The standard InChI is InChI=1S/C33H48N4O3.ClH/c1-24(2)27-14-12-26(13-15-27)22-37(25(3)4)31(38)28-9-8-18-36(23-28)29-10-7-11-30(21-29)40-33(5,6)32(39)35-19-16-34-17-20-35;/h7,10-15,21,24-25,28,34H,8-9,16-20,22-23H2,1-6H3;1H/t28-;/m0./s1. The third-order valence-electron chi connectivity index (χ3n) is 8.15. The molecule has 0 spiro atoms. The Kier molecular flexibility index (Phi) is 11.5. The number of nitrogens with zero attached hydrogens (tertiary/aromatic N) is 3. The first kappa shape index (κ1) is 32.7. The van der Waals surface area contributed by atoms with Crippen LogP contribution in [-0.2, 0) is 16.1 Å².